The van der Waals surface area contributed by atoms with Gasteiger partial charge in [0.2, 0.25) is 0 Å². The lowest BCUT2D eigenvalue weighted by Gasteiger charge is -2.30. The van der Waals surface area contributed by atoms with Crippen LogP contribution in [0.3, 0.4) is 0 Å². The monoisotopic (exact) mass is 440 g/mol. The second-order valence-electron chi connectivity index (χ2n) is 6.82. The van der Waals surface area contributed by atoms with E-state index in [9.17, 15) is 4.39 Å². The summed E-state index contributed by atoms with van der Waals surface area (Å²) in [6.07, 6.45) is 2.49. The van der Waals surface area contributed by atoms with Gasteiger partial charge in [-0.3, -0.25) is 5.14 Å². The normalized spacial score (nSPS) is 18.1. The Labute approximate surface area is 176 Å². The van der Waals surface area contributed by atoms with Crippen LogP contribution in [-0.4, -0.2) is 47.1 Å². The van der Waals surface area contributed by atoms with Gasteiger partial charge in [-0.1, -0.05) is 23.2 Å². The van der Waals surface area contributed by atoms with Crippen molar-refractivity contribution in [2.75, 3.05) is 26.7 Å². The Morgan fingerprint density at radius 1 is 1.36 bits per heavy atom. The molecule has 28 heavy (non-hydrogen) atoms. The van der Waals surface area contributed by atoms with E-state index < -0.39 is 5.82 Å². The van der Waals surface area contributed by atoms with Crippen molar-refractivity contribution >= 4 is 40.8 Å². The van der Waals surface area contributed by atoms with Gasteiger partial charge in [0.05, 0.1) is 34.0 Å². The molecule has 1 aromatic carbocycles. The minimum atomic E-state index is -0.429. The lowest BCUT2D eigenvalue weighted by molar-refractivity contribution is -0.0190. The van der Waals surface area contributed by atoms with Crippen LogP contribution in [0, 0.1) is 5.82 Å². The van der Waals surface area contributed by atoms with E-state index in [1.54, 1.807) is 12.1 Å². The van der Waals surface area contributed by atoms with Crippen LogP contribution in [0.15, 0.2) is 35.4 Å². The van der Waals surface area contributed by atoms with Gasteiger partial charge in [0.25, 0.3) is 0 Å². The van der Waals surface area contributed by atoms with Crippen molar-refractivity contribution in [2.45, 2.75) is 17.4 Å². The molecular formula is C19H19Cl2FN4OS. The quantitative estimate of drug-likeness (QED) is 0.613. The van der Waals surface area contributed by atoms with E-state index in [0.717, 1.165) is 30.7 Å². The van der Waals surface area contributed by atoms with E-state index in [1.165, 1.54) is 12.1 Å². The van der Waals surface area contributed by atoms with E-state index in [-0.39, 0.29) is 6.10 Å². The molecule has 148 valence electrons. The average molecular weight is 441 g/mol. The number of pyridine rings is 1. The fourth-order valence-electron chi connectivity index (χ4n) is 3.49. The Morgan fingerprint density at radius 3 is 2.93 bits per heavy atom. The predicted molar refractivity (Wildman–Crippen MR) is 112 cm³/mol. The van der Waals surface area contributed by atoms with E-state index >= 15 is 0 Å². The van der Waals surface area contributed by atoms with E-state index in [2.05, 4.69) is 11.9 Å². The van der Waals surface area contributed by atoms with Crippen LogP contribution < -0.4 is 5.14 Å². The number of nitrogens with zero attached hydrogens (tertiary/aromatic N) is 3. The molecule has 5 nitrogen and oxygen atoms in total. The van der Waals surface area contributed by atoms with Crippen LogP contribution >= 0.6 is 35.1 Å². The molecule has 0 saturated carbocycles. The number of benzene rings is 1. The van der Waals surface area contributed by atoms with Crippen molar-refractivity contribution in [2.24, 2.45) is 5.14 Å². The Balaban J connectivity index is 1.84. The molecule has 1 saturated heterocycles. The molecule has 1 aliphatic rings. The maximum Gasteiger partial charge on any atom is 0.139 e. The minimum absolute atomic E-state index is 0.00979. The number of likely N-dealkylation sites (N-methyl/N-ethyl adjacent to an activating group) is 1. The van der Waals surface area contributed by atoms with E-state index in [1.807, 2.05) is 10.6 Å². The zero-order valence-electron chi connectivity index (χ0n) is 15.2. The third kappa shape index (κ3) is 3.87. The van der Waals surface area contributed by atoms with Crippen molar-refractivity contribution < 1.29 is 9.13 Å². The summed E-state index contributed by atoms with van der Waals surface area (Å²) >= 11 is 13.4. The summed E-state index contributed by atoms with van der Waals surface area (Å²) in [6.45, 7) is 2.39. The predicted octanol–water partition coefficient (Wildman–Crippen LogP) is 4.29. The van der Waals surface area contributed by atoms with Gasteiger partial charge in [0, 0.05) is 42.4 Å². The molecule has 1 aliphatic heterocycles. The number of hydrogen-bond donors (Lipinski definition) is 1. The summed E-state index contributed by atoms with van der Waals surface area (Å²) in [5.41, 5.74) is 2.73. The SMILES string of the molecule is CN1CCOC(Cc2c(-c3cc(F)c(SN)cc3Cl)nc3cc(Cl)ccn23)C1. The van der Waals surface area contributed by atoms with Crippen LogP contribution in [0.1, 0.15) is 5.69 Å². The first-order chi connectivity index (χ1) is 13.5. The zero-order valence-corrected chi connectivity index (χ0v) is 17.5. The average Bonchev–Trinajstić information content (AvgIpc) is 3.00. The lowest BCUT2D eigenvalue weighted by atomic mass is 10.0. The first kappa shape index (κ1) is 19.9. The molecule has 9 heteroatoms. The smallest absolute Gasteiger partial charge is 0.139 e. The highest BCUT2D eigenvalue weighted by atomic mass is 35.5. The highest BCUT2D eigenvalue weighted by Gasteiger charge is 2.24. The first-order valence-corrected chi connectivity index (χ1v) is 10.4. The molecule has 1 unspecified atom stereocenters. The second kappa shape index (κ2) is 8.18. The van der Waals surface area contributed by atoms with E-state index in [4.69, 9.17) is 38.1 Å². The second-order valence-corrected chi connectivity index (χ2v) is 8.34. The number of nitrogens with two attached hydrogens (primary N) is 1. The molecule has 0 aliphatic carbocycles. The van der Waals surface area contributed by atoms with Crippen LogP contribution in [0.4, 0.5) is 4.39 Å². The number of imidazole rings is 1. The van der Waals surface area contributed by atoms with Crippen molar-refractivity contribution in [3.8, 4) is 11.3 Å². The van der Waals surface area contributed by atoms with Gasteiger partial charge in [0.15, 0.2) is 0 Å². The molecule has 0 bridgehead atoms. The maximum atomic E-state index is 14.4. The van der Waals surface area contributed by atoms with Crippen molar-refractivity contribution in [1.29, 1.82) is 0 Å². The third-order valence-electron chi connectivity index (χ3n) is 4.85. The summed E-state index contributed by atoms with van der Waals surface area (Å²) in [5.74, 6) is -0.429. The number of fused-ring (bicyclic) bond motifs is 1. The lowest BCUT2D eigenvalue weighted by Crippen LogP contribution is -2.41. The van der Waals surface area contributed by atoms with Crippen LogP contribution in [-0.2, 0) is 11.2 Å². The Hall–Kier alpha value is -1.35. The number of morpholine rings is 1. The molecule has 2 N–H and O–H groups in total. The highest BCUT2D eigenvalue weighted by molar-refractivity contribution is 7.97. The topological polar surface area (TPSA) is 55.8 Å². The van der Waals surface area contributed by atoms with Crippen molar-refractivity contribution in [3.05, 3.63) is 52.0 Å². The van der Waals surface area contributed by atoms with Crippen LogP contribution in [0.2, 0.25) is 10.0 Å². The molecule has 1 fully saturated rings. The number of ether oxygens (including phenoxy) is 1. The van der Waals surface area contributed by atoms with E-state index in [0.29, 0.717) is 44.9 Å². The number of aromatic nitrogens is 2. The van der Waals surface area contributed by atoms with Gasteiger partial charge in [-0.05, 0) is 37.2 Å². The van der Waals surface area contributed by atoms with Gasteiger partial charge in [-0.15, -0.1) is 0 Å². The van der Waals surface area contributed by atoms with Gasteiger partial charge in [0.1, 0.15) is 11.5 Å². The molecule has 3 aromatic rings. The number of halogens is 3. The molecule has 2 aromatic heterocycles. The zero-order chi connectivity index (χ0) is 19.8. The third-order valence-corrected chi connectivity index (χ3v) is 5.97. The number of hydrogen-bond acceptors (Lipinski definition) is 5. The Kier molecular flexibility index (Phi) is 5.83. The standard InChI is InChI=1S/C19H19Cl2FN4OS/c1-25-4-5-27-12(10-25)7-16-19(24-18-6-11(20)2-3-26(16)18)13-8-15(22)17(28-23)9-14(13)21/h2-3,6,8-9,12H,4-5,7,10,23H2,1H3. The summed E-state index contributed by atoms with van der Waals surface area (Å²) in [4.78, 5) is 7.23. The van der Waals surface area contributed by atoms with Gasteiger partial charge in [-0.25, -0.2) is 9.37 Å². The largest absolute Gasteiger partial charge is 0.375 e. The molecule has 4 rings (SSSR count). The molecule has 0 spiro atoms. The summed E-state index contributed by atoms with van der Waals surface area (Å²) in [6, 6.07) is 6.49. The fourth-order valence-corrected chi connectivity index (χ4v) is 4.32. The van der Waals surface area contributed by atoms with Crippen molar-refractivity contribution in [3.63, 3.8) is 0 Å². The minimum Gasteiger partial charge on any atom is -0.375 e. The van der Waals surface area contributed by atoms with Gasteiger partial charge < -0.3 is 14.0 Å². The fraction of sp³-hybridized carbons (Fsp3) is 0.316. The maximum absolute atomic E-state index is 14.4. The molecule has 0 amide bonds. The van der Waals surface area contributed by atoms with Gasteiger partial charge in [-0.2, -0.15) is 0 Å². The number of rotatable bonds is 4. The van der Waals surface area contributed by atoms with Crippen LogP contribution in [0.25, 0.3) is 16.9 Å². The summed E-state index contributed by atoms with van der Waals surface area (Å²) < 4.78 is 22.3. The van der Waals surface area contributed by atoms with Gasteiger partial charge >= 0.3 is 0 Å². The first-order valence-electron chi connectivity index (χ1n) is 8.79. The summed E-state index contributed by atoms with van der Waals surface area (Å²) in [7, 11) is 2.07. The van der Waals surface area contributed by atoms with Crippen molar-refractivity contribution in [1.82, 2.24) is 14.3 Å². The van der Waals surface area contributed by atoms with Crippen LogP contribution in [0.5, 0.6) is 0 Å². The molecular weight excluding hydrogens is 422 g/mol. The molecule has 3 heterocycles. The Morgan fingerprint density at radius 2 is 2.18 bits per heavy atom. The molecule has 0 radical (unpaired) electrons. The summed E-state index contributed by atoms with van der Waals surface area (Å²) in [5, 5.41) is 6.49. The highest BCUT2D eigenvalue weighted by Crippen LogP contribution is 2.35. The molecule has 1 atom stereocenters. The Bertz CT molecular complexity index is 1030.